The Kier molecular flexibility index (Phi) is 20.9. The summed E-state index contributed by atoms with van der Waals surface area (Å²) in [5.74, 6) is 0.760. The van der Waals surface area contributed by atoms with Crippen LogP contribution in [0.5, 0.6) is 11.5 Å². The highest BCUT2D eigenvalue weighted by Gasteiger charge is 2.06. The minimum atomic E-state index is -0.175. The molecule has 0 bridgehead atoms. The fraction of sp³-hybridized carbons (Fsp3) is 0.500. The molecule has 0 radical (unpaired) electrons. The Hall–Kier alpha value is -4.06. The van der Waals surface area contributed by atoms with Crippen molar-refractivity contribution < 1.29 is 19.1 Å². The van der Waals surface area contributed by atoms with Gasteiger partial charge in [-0.1, -0.05) is 123 Å². The maximum absolute atomic E-state index is 12.2. The Morgan fingerprint density at radius 1 is 0.480 bits per heavy atom. The second-order valence-electron chi connectivity index (χ2n) is 13.3. The normalized spacial score (nSPS) is 11.4. The highest BCUT2D eigenvalue weighted by molar-refractivity contribution is 5.84. The molecule has 270 valence electrons. The highest BCUT2D eigenvalue weighted by Crippen LogP contribution is 2.22. The van der Waals surface area contributed by atoms with Gasteiger partial charge in [0.25, 0.3) is 0 Å². The number of hydrogen-bond acceptors (Lipinski definition) is 6. The summed E-state index contributed by atoms with van der Waals surface area (Å²) in [5, 5.41) is 0. The first-order valence-electron chi connectivity index (χ1n) is 19.4. The standard InChI is InChI=1S/C44H60N2O4/c1-3-5-7-9-11-13-15-17-19-24-43(47)49-41-30-26-37(27-31-41)35-45-39-22-21-23-40(34-39)46-36-38-28-32-42(33-29-38)50-44(48)25-20-18-16-14-12-10-8-6-4-2/h21-23,26-36H,3-20,24-25H2,1-2H3. The monoisotopic (exact) mass is 680 g/mol. The minimum absolute atomic E-state index is 0.175. The molecule has 0 atom stereocenters. The molecule has 0 spiro atoms. The van der Waals surface area contributed by atoms with E-state index in [1.807, 2.05) is 48.5 Å². The van der Waals surface area contributed by atoms with Crippen LogP contribution in [0.15, 0.2) is 82.8 Å². The van der Waals surface area contributed by atoms with E-state index in [1.54, 1.807) is 36.7 Å². The van der Waals surface area contributed by atoms with Crippen LogP contribution in [0, 0.1) is 0 Å². The van der Waals surface area contributed by atoms with Crippen LogP contribution >= 0.6 is 0 Å². The van der Waals surface area contributed by atoms with Gasteiger partial charge >= 0.3 is 11.9 Å². The predicted octanol–water partition coefficient (Wildman–Crippen LogP) is 12.8. The van der Waals surface area contributed by atoms with Gasteiger partial charge in [-0.05, 0) is 90.7 Å². The maximum atomic E-state index is 12.2. The van der Waals surface area contributed by atoms with Crippen molar-refractivity contribution in [3.63, 3.8) is 0 Å². The van der Waals surface area contributed by atoms with E-state index in [9.17, 15) is 9.59 Å². The predicted molar refractivity (Wildman–Crippen MR) is 209 cm³/mol. The molecule has 3 aromatic rings. The van der Waals surface area contributed by atoms with Crippen molar-refractivity contribution in [3.05, 3.63) is 83.9 Å². The summed E-state index contributed by atoms with van der Waals surface area (Å²) in [6.07, 6.45) is 26.5. The number of ether oxygens (including phenoxy) is 2. The van der Waals surface area contributed by atoms with E-state index in [0.717, 1.165) is 48.2 Å². The fourth-order valence-corrected chi connectivity index (χ4v) is 5.72. The van der Waals surface area contributed by atoms with Crippen LogP contribution in [-0.4, -0.2) is 24.4 Å². The lowest BCUT2D eigenvalue weighted by molar-refractivity contribution is -0.135. The van der Waals surface area contributed by atoms with Gasteiger partial charge in [-0.2, -0.15) is 0 Å². The largest absolute Gasteiger partial charge is 0.427 e. The number of benzene rings is 3. The molecule has 3 aromatic carbocycles. The summed E-state index contributed by atoms with van der Waals surface area (Å²) in [7, 11) is 0. The second kappa shape index (κ2) is 25.8. The van der Waals surface area contributed by atoms with E-state index in [-0.39, 0.29) is 11.9 Å². The molecule has 6 nitrogen and oxygen atoms in total. The van der Waals surface area contributed by atoms with Crippen molar-refractivity contribution in [3.8, 4) is 11.5 Å². The van der Waals surface area contributed by atoms with E-state index < -0.39 is 0 Å². The van der Waals surface area contributed by atoms with E-state index in [1.165, 1.54) is 89.9 Å². The minimum Gasteiger partial charge on any atom is -0.427 e. The molecule has 0 aliphatic carbocycles. The van der Waals surface area contributed by atoms with Gasteiger partial charge in [-0.3, -0.25) is 19.6 Å². The fourth-order valence-electron chi connectivity index (χ4n) is 5.72. The number of hydrogen-bond donors (Lipinski definition) is 0. The molecule has 0 saturated carbocycles. The van der Waals surface area contributed by atoms with Crippen LogP contribution in [0.2, 0.25) is 0 Å². The van der Waals surface area contributed by atoms with Crippen molar-refractivity contribution in [1.29, 1.82) is 0 Å². The molecule has 0 fully saturated rings. The summed E-state index contributed by atoms with van der Waals surface area (Å²) in [5.41, 5.74) is 3.38. The third kappa shape index (κ3) is 18.6. The molecule has 6 heteroatoms. The van der Waals surface area contributed by atoms with Crippen LogP contribution < -0.4 is 9.47 Å². The number of aliphatic imine (C=N–C) groups is 2. The molecule has 0 heterocycles. The summed E-state index contributed by atoms with van der Waals surface area (Å²) in [4.78, 5) is 33.7. The molecule has 0 saturated heterocycles. The van der Waals surface area contributed by atoms with Crippen molar-refractivity contribution in [2.24, 2.45) is 9.98 Å². The first-order chi connectivity index (χ1) is 24.6. The number of nitrogens with zero attached hydrogens (tertiary/aromatic N) is 2. The lowest BCUT2D eigenvalue weighted by atomic mass is 10.1. The van der Waals surface area contributed by atoms with Gasteiger partial charge in [0.15, 0.2) is 0 Å². The van der Waals surface area contributed by atoms with E-state index >= 15 is 0 Å². The van der Waals surface area contributed by atoms with E-state index in [2.05, 4.69) is 23.8 Å². The third-order valence-corrected chi connectivity index (χ3v) is 8.75. The van der Waals surface area contributed by atoms with Gasteiger partial charge in [0.05, 0.1) is 11.4 Å². The van der Waals surface area contributed by atoms with Gasteiger partial charge in [-0.25, -0.2) is 0 Å². The molecule has 0 unspecified atom stereocenters. The first kappa shape index (κ1) is 40.4. The van der Waals surface area contributed by atoms with Crippen molar-refractivity contribution >= 4 is 35.7 Å². The zero-order valence-electron chi connectivity index (χ0n) is 30.8. The molecule has 0 N–H and O–H groups in total. The molecule has 0 aliphatic rings. The molecule has 3 rings (SSSR count). The van der Waals surface area contributed by atoms with Gasteiger partial charge in [-0.15, -0.1) is 0 Å². The summed E-state index contributed by atoms with van der Waals surface area (Å²) in [6, 6.07) is 22.5. The third-order valence-electron chi connectivity index (χ3n) is 8.75. The average Bonchev–Trinajstić information content (AvgIpc) is 3.13. The zero-order valence-corrected chi connectivity index (χ0v) is 30.8. The van der Waals surface area contributed by atoms with Crippen LogP contribution in [0.4, 0.5) is 11.4 Å². The molecule has 0 aromatic heterocycles. The van der Waals surface area contributed by atoms with Gasteiger partial charge < -0.3 is 9.47 Å². The molecular formula is C44H60N2O4. The van der Waals surface area contributed by atoms with Crippen LogP contribution in [0.3, 0.4) is 0 Å². The van der Waals surface area contributed by atoms with Crippen LogP contribution in [0.1, 0.15) is 153 Å². The van der Waals surface area contributed by atoms with Crippen LogP contribution in [-0.2, 0) is 9.59 Å². The number of unbranched alkanes of at least 4 members (excludes halogenated alkanes) is 16. The van der Waals surface area contributed by atoms with Gasteiger partial charge in [0, 0.05) is 25.3 Å². The molecule has 0 amide bonds. The smallest absolute Gasteiger partial charge is 0.311 e. The van der Waals surface area contributed by atoms with E-state index in [0.29, 0.717) is 24.3 Å². The Bertz CT molecular complexity index is 1310. The maximum Gasteiger partial charge on any atom is 0.311 e. The average molecular weight is 681 g/mol. The number of carbonyl (C=O) groups is 2. The second-order valence-corrected chi connectivity index (χ2v) is 13.3. The first-order valence-corrected chi connectivity index (χ1v) is 19.4. The molecule has 0 aliphatic heterocycles. The molecule has 50 heavy (non-hydrogen) atoms. The van der Waals surface area contributed by atoms with Gasteiger partial charge in [0.2, 0.25) is 0 Å². The number of carbonyl (C=O) groups excluding carboxylic acids is 2. The van der Waals surface area contributed by atoms with E-state index in [4.69, 9.17) is 9.47 Å². The SMILES string of the molecule is CCCCCCCCCCCC(=O)Oc1ccc(C=Nc2cccc(N=Cc3ccc(OC(=O)CCCCCCCCCCC)cc3)c2)cc1. The zero-order chi connectivity index (χ0) is 35.5. The number of rotatable bonds is 26. The van der Waals surface area contributed by atoms with Crippen LogP contribution in [0.25, 0.3) is 0 Å². The summed E-state index contributed by atoms with van der Waals surface area (Å²) < 4.78 is 11.0. The quantitative estimate of drug-likeness (QED) is 0.0366. The topological polar surface area (TPSA) is 77.3 Å². The Morgan fingerprint density at radius 3 is 1.18 bits per heavy atom. The molecular weight excluding hydrogens is 620 g/mol. The van der Waals surface area contributed by atoms with Crippen molar-refractivity contribution in [2.45, 2.75) is 142 Å². The Balaban J connectivity index is 1.34. The lowest BCUT2D eigenvalue weighted by Gasteiger charge is -2.05. The van der Waals surface area contributed by atoms with Crippen molar-refractivity contribution in [2.75, 3.05) is 0 Å². The number of esters is 2. The Morgan fingerprint density at radius 2 is 0.820 bits per heavy atom. The Labute approximate surface area is 301 Å². The van der Waals surface area contributed by atoms with Crippen molar-refractivity contribution in [1.82, 2.24) is 0 Å². The summed E-state index contributed by atoms with van der Waals surface area (Å²) >= 11 is 0. The van der Waals surface area contributed by atoms with Gasteiger partial charge in [0.1, 0.15) is 11.5 Å². The highest BCUT2D eigenvalue weighted by atomic mass is 16.5. The lowest BCUT2D eigenvalue weighted by Crippen LogP contribution is -2.07. The summed E-state index contributed by atoms with van der Waals surface area (Å²) in [6.45, 7) is 4.48.